The largest absolute Gasteiger partial charge is 0.332 e. The topological polar surface area (TPSA) is 78.5 Å². The fourth-order valence-electron chi connectivity index (χ4n) is 2.82. The molecule has 0 aromatic heterocycles. The van der Waals surface area contributed by atoms with Crippen molar-refractivity contribution in [3.05, 3.63) is 60.2 Å². The minimum absolute atomic E-state index is 0.167. The molecule has 0 atom stereocenters. The highest BCUT2D eigenvalue weighted by Gasteiger charge is 2.22. The molecule has 8 heteroatoms. The predicted molar refractivity (Wildman–Crippen MR) is 120 cm³/mol. The number of hydrogen-bond donors (Lipinski definition) is 2. The monoisotopic (exact) mass is 433 g/mol. The molecule has 0 radical (unpaired) electrons. The lowest BCUT2D eigenvalue weighted by Crippen LogP contribution is -2.35. The number of nitrogens with zero attached hydrogens (tertiary/aromatic N) is 1. The van der Waals surface area contributed by atoms with Crippen LogP contribution in [0, 0.1) is 0 Å². The van der Waals surface area contributed by atoms with E-state index in [1.54, 1.807) is 24.3 Å². The number of amides is 1. The Balaban J connectivity index is 1.97. The van der Waals surface area contributed by atoms with E-state index in [1.807, 2.05) is 44.2 Å². The minimum Gasteiger partial charge on any atom is -0.332 e. The van der Waals surface area contributed by atoms with Crippen molar-refractivity contribution >= 4 is 38.9 Å². The van der Waals surface area contributed by atoms with Crippen molar-refractivity contribution in [1.29, 1.82) is 0 Å². The van der Waals surface area contributed by atoms with E-state index in [0.29, 0.717) is 18.8 Å². The third kappa shape index (κ3) is 6.92. The number of carbonyl (C=O) groups is 1. The zero-order valence-electron chi connectivity index (χ0n) is 16.7. The number of nitrogens with one attached hydrogen (secondary N) is 2. The fourth-order valence-corrected chi connectivity index (χ4v) is 4.68. The van der Waals surface area contributed by atoms with Crippen LogP contribution < -0.4 is 10.6 Å². The van der Waals surface area contributed by atoms with Gasteiger partial charge in [-0.15, -0.1) is 0 Å². The minimum atomic E-state index is -3.52. The number of carbonyl (C=O) groups excluding carboxylic acids is 1. The van der Waals surface area contributed by atoms with Crippen molar-refractivity contribution in [2.45, 2.75) is 38.0 Å². The molecule has 0 unspecified atom stereocenters. The molecule has 0 saturated carbocycles. The zero-order chi connectivity index (χ0) is 21.3. The van der Waals surface area contributed by atoms with Gasteiger partial charge in [0.2, 0.25) is 15.9 Å². The van der Waals surface area contributed by atoms with Gasteiger partial charge in [-0.25, -0.2) is 8.42 Å². The highest BCUT2D eigenvalue weighted by Crippen LogP contribution is 2.19. The standard InChI is InChI=1S/C21H27N3O3S2/c1-3-14-24(15-4-2)29(26,27)19-12-10-18(11-13-19)22-21(28)23-20(25)16-17-8-6-5-7-9-17/h5-13H,3-4,14-16H2,1-2H3,(H2,22,23,25,28). The van der Waals surface area contributed by atoms with Crippen LogP contribution in [0.5, 0.6) is 0 Å². The van der Waals surface area contributed by atoms with Crippen LogP contribution in [0.25, 0.3) is 0 Å². The summed E-state index contributed by atoms with van der Waals surface area (Å²) in [5.41, 5.74) is 1.50. The highest BCUT2D eigenvalue weighted by atomic mass is 32.2. The molecule has 2 aromatic carbocycles. The number of anilines is 1. The fraction of sp³-hybridized carbons (Fsp3) is 0.333. The molecule has 2 N–H and O–H groups in total. The third-order valence-corrected chi connectivity index (χ3v) is 6.27. The van der Waals surface area contributed by atoms with E-state index < -0.39 is 10.0 Å². The number of rotatable bonds is 9. The van der Waals surface area contributed by atoms with Crippen LogP contribution in [-0.4, -0.2) is 36.8 Å². The summed E-state index contributed by atoms with van der Waals surface area (Å²) in [5.74, 6) is -0.220. The van der Waals surface area contributed by atoms with Gasteiger partial charge in [0, 0.05) is 18.8 Å². The molecule has 6 nitrogen and oxygen atoms in total. The summed E-state index contributed by atoms with van der Waals surface area (Å²) >= 11 is 5.18. The Bertz CT molecular complexity index is 908. The maximum absolute atomic E-state index is 12.8. The first-order chi connectivity index (χ1) is 13.9. The van der Waals surface area contributed by atoms with Gasteiger partial charge < -0.3 is 10.6 Å². The van der Waals surface area contributed by atoms with Crippen LogP contribution in [-0.2, 0) is 21.2 Å². The number of thiocarbonyl (C=S) groups is 1. The molecule has 0 aliphatic heterocycles. The molecule has 2 rings (SSSR count). The van der Waals surface area contributed by atoms with Crippen molar-refractivity contribution < 1.29 is 13.2 Å². The second-order valence-corrected chi connectivity index (χ2v) is 8.94. The smallest absolute Gasteiger partial charge is 0.243 e. The summed E-state index contributed by atoms with van der Waals surface area (Å²) in [6.45, 7) is 4.90. The Hall–Kier alpha value is -2.29. The van der Waals surface area contributed by atoms with Gasteiger partial charge in [-0.1, -0.05) is 44.2 Å². The molecule has 0 bridgehead atoms. The van der Waals surface area contributed by atoms with E-state index in [0.717, 1.165) is 18.4 Å². The van der Waals surface area contributed by atoms with Crippen LogP contribution in [0.15, 0.2) is 59.5 Å². The van der Waals surface area contributed by atoms with Gasteiger partial charge in [-0.05, 0) is 54.9 Å². The quantitative estimate of drug-likeness (QED) is 0.591. The van der Waals surface area contributed by atoms with Crippen molar-refractivity contribution in [1.82, 2.24) is 9.62 Å². The second kappa shape index (κ2) is 11.0. The average Bonchev–Trinajstić information content (AvgIpc) is 2.68. The molecular formula is C21H27N3O3S2. The van der Waals surface area contributed by atoms with E-state index in [-0.39, 0.29) is 22.3 Å². The molecule has 2 aromatic rings. The highest BCUT2D eigenvalue weighted by molar-refractivity contribution is 7.89. The van der Waals surface area contributed by atoms with Crippen molar-refractivity contribution in [3.63, 3.8) is 0 Å². The van der Waals surface area contributed by atoms with Crippen LogP contribution in [0.4, 0.5) is 5.69 Å². The summed E-state index contributed by atoms with van der Waals surface area (Å²) in [7, 11) is -3.52. The Morgan fingerprint density at radius 3 is 2.10 bits per heavy atom. The van der Waals surface area contributed by atoms with Gasteiger partial charge in [-0.2, -0.15) is 4.31 Å². The lowest BCUT2D eigenvalue weighted by molar-refractivity contribution is -0.119. The molecule has 0 aliphatic rings. The summed E-state index contributed by atoms with van der Waals surface area (Å²) in [6.07, 6.45) is 1.75. The second-order valence-electron chi connectivity index (χ2n) is 6.59. The normalized spacial score (nSPS) is 11.3. The molecule has 1 amide bonds. The van der Waals surface area contributed by atoms with E-state index in [9.17, 15) is 13.2 Å². The zero-order valence-corrected chi connectivity index (χ0v) is 18.4. The van der Waals surface area contributed by atoms with Crippen molar-refractivity contribution in [3.8, 4) is 0 Å². The number of sulfonamides is 1. The van der Waals surface area contributed by atoms with Gasteiger partial charge in [0.1, 0.15) is 0 Å². The van der Waals surface area contributed by atoms with Gasteiger partial charge in [0.25, 0.3) is 0 Å². The molecule has 0 aliphatic carbocycles. The third-order valence-electron chi connectivity index (χ3n) is 4.16. The van der Waals surface area contributed by atoms with Gasteiger partial charge in [0.15, 0.2) is 5.11 Å². The van der Waals surface area contributed by atoms with Crippen molar-refractivity contribution in [2.24, 2.45) is 0 Å². The Labute approximate surface area is 178 Å². The van der Waals surface area contributed by atoms with Crippen LogP contribution in [0.3, 0.4) is 0 Å². The molecular weight excluding hydrogens is 406 g/mol. The summed E-state index contributed by atoms with van der Waals surface area (Å²) in [6, 6.07) is 15.7. The summed E-state index contributed by atoms with van der Waals surface area (Å²) in [5, 5.41) is 5.70. The first-order valence-electron chi connectivity index (χ1n) is 9.61. The summed E-state index contributed by atoms with van der Waals surface area (Å²) < 4.78 is 27.1. The van der Waals surface area contributed by atoms with Crippen LogP contribution in [0.2, 0.25) is 0 Å². The predicted octanol–water partition coefficient (Wildman–Crippen LogP) is 3.55. The maximum atomic E-state index is 12.8. The molecule has 0 spiro atoms. The van der Waals surface area contributed by atoms with E-state index in [4.69, 9.17) is 12.2 Å². The van der Waals surface area contributed by atoms with Gasteiger partial charge in [-0.3, -0.25) is 4.79 Å². The molecule has 0 saturated heterocycles. The first kappa shape index (κ1) is 23.0. The first-order valence-corrected chi connectivity index (χ1v) is 11.5. The average molecular weight is 434 g/mol. The molecule has 29 heavy (non-hydrogen) atoms. The van der Waals surface area contributed by atoms with E-state index >= 15 is 0 Å². The van der Waals surface area contributed by atoms with Crippen molar-refractivity contribution in [2.75, 3.05) is 18.4 Å². The van der Waals surface area contributed by atoms with E-state index in [1.165, 1.54) is 4.31 Å². The SMILES string of the molecule is CCCN(CCC)S(=O)(=O)c1ccc(NC(=S)NC(=O)Cc2ccccc2)cc1. The summed E-state index contributed by atoms with van der Waals surface area (Å²) in [4.78, 5) is 12.3. The molecule has 0 fully saturated rings. The van der Waals surface area contributed by atoms with E-state index in [2.05, 4.69) is 10.6 Å². The molecule has 0 heterocycles. The molecule has 156 valence electrons. The lowest BCUT2D eigenvalue weighted by atomic mass is 10.1. The Kier molecular flexibility index (Phi) is 8.75. The van der Waals surface area contributed by atoms with Crippen LogP contribution >= 0.6 is 12.2 Å². The van der Waals surface area contributed by atoms with Crippen LogP contribution in [0.1, 0.15) is 32.3 Å². The van der Waals surface area contributed by atoms with Gasteiger partial charge in [0.05, 0.1) is 11.3 Å². The Morgan fingerprint density at radius 2 is 1.55 bits per heavy atom. The number of benzene rings is 2. The maximum Gasteiger partial charge on any atom is 0.243 e. The van der Waals surface area contributed by atoms with Gasteiger partial charge >= 0.3 is 0 Å². The lowest BCUT2D eigenvalue weighted by Gasteiger charge is -2.21. The number of hydrogen-bond acceptors (Lipinski definition) is 4. The Morgan fingerprint density at radius 1 is 0.966 bits per heavy atom.